The number of anilines is 3. The molecule has 0 saturated carbocycles. The number of carbonyl (C=O) groups is 2. The number of benzene rings is 1. The normalized spacial score (nSPS) is 18.1. The Morgan fingerprint density at radius 2 is 1.94 bits per heavy atom. The largest absolute Gasteiger partial charge is 0.442 e. The lowest BCUT2D eigenvalue weighted by Gasteiger charge is -2.37. The molecule has 3 aromatic rings. The van der Waals surface area contributed by atoms with Crippen LogP contribution < -0.4 is 20.0 Å². The van der Waals surface area contributed by atoms with E-state index in [1.165, 1.54) is 23.5 Å². The smallest absolute Gasteiger partial charge is 0.414 e. The first kappa shape index (κ1) is 23.1. The molecule has 182 valence electrons. The summed E-state index contributed by atoms with van der Waals surface area (Å²) < 4.78 is 20.3. The maximum atomic E-state index is 15.1. The van der Waals surface area contributed by atoms with Gasteiger partial charge in [-0.1, -0.05) is 0 Å². The molecule has 4 heterocycles. The molecule has 35 heavy (non-hydrogen) atoms. The van der Waals surface area contributed by atoms with Gasteiger partial charge in [-0.3, -0.25) is 9.69 Å². The van der Waals surface area contributed by atoms with Crippen molar-refractivity contribution >= 4 is 40.5 Å². The number of aromatic nitrogens is 1. The summed E-state index contributed by atoms with van der Waals surface area (Å²) in [5, 5.41) is 6.79. The fraction of sp³-hybridized carbons (Fsp3) is 0.320. The Labute approximate surface area is 206 Å². The molecule has 0 unspecified atom stereocenters. The van der Waals surface area contributed by atoms with Crippen LogP contribution in [0.4, 0.5) is 26.4 Å². The highest BCUT2D eigenvalue weighted by atomic mass is 32.1. The van der Waals surface area contributed by atoms with Crippen molar-refractivity contribution in [3.05, 3.63) is 59.2 Å². The van der Waals surface area contributed by atoms with Crippen LogP contribution in [-0.2, 0) is 9.53 Å². The van der Waals surface area contributed by atoms with Crippen LogP contribution in [0, 0.1) is 5.82 Å². The maximum absolute atomic E-state index is 15.1. The van der Waals surface area contributed by atoms with E-state index in [1.54, 1.807) is 23.5 Å². The number of nitrogens with zero attached hydrogens (tertiary/aromatic N) is 4. The van der Waals surface area contributed by atoms with Gasteiger partial charge in [-0.25, -0.2) is 14.2 Å². The van der Waals surface area contributed by atoms with Crippen molar-refractivity contribution in [2.24, 2.45) is 0 Å². The second-order valence-electron chi connectivity index (χ2n) is 8.58. The van der Waals surface area contributed by atoms with Gasteiger partial charge in [0.15, 0.2) is 0 Å². The molecule has 1 aromatic carbocycles. The standard InChI is InChI=1S/C25H26FN5O3S/c1-17(32)27-14-21-15-31(25(33)34-21)20-3-4-23(22(26)12-20)29-7-9-30(10-8-29)24-5-2-18(13-28-24)19-6-11-35-16-19/h2-6,11-13,16,21H,7-10,14-15H2,1H3,(H,27,32)/t21-/m0/s1. The predicted octanol–water partition coefficient (Wildman–Crippen LogP) is 3.74. The molecule has 10 heteroatoms. The summed E-state index contributed by atoms with van der Waals surface area (Å²) >= 11 is 1.66. The van der Waals surface area contributed by atoms with Crippen LogP contribution in [-0.4, -0.2) is 62.4 Å². The van der Waals surface area contributed by atoms with E-state index < -0.39 is 12.2 Å². The van der Waals surface area contributed by atoms with Gasteiger partial charge in [0.2, 0.25) is 5.91 Å². The van der Waals surface area contributed by atoms with E-state index >= 15 is 4.39 Å². The fourth-order valence-corrected chi connectivity index (χ4v) is 5.03. The molecule has 2 aliphatic rings. The van der Waals surface area contributed by atoms with E-state index in [4.69, 9.17) is 4.74 Å². The summed E-state index contributed by atoms with van der Waals surface area (Å²) in [4.78, 5) is 33.6. The summed E-state index contributed by atoms with van der Waals surface area (Å²) in [7, 11) is 0. The van der Waals surface area contributed by atoms with Gasteiger partial charge in [-0.05, 0) is 52.7 Å². The van der Waals surface area contributed by atoms with E-state index in [2.05, 4.69) is 38.1 Å². The first-order valence-corrected chi connectivity index (χ1v) is 12.4. The number of rotatable bonds is 6. The van der Waals surface area contributed by atoms with Crippen LogP contribution in [0.5, 0.6) is 0 Å². The zero-order chi connectivity index (χ0) is 24.4. The SMILES string of the molecule is CC(=O)NC[C@H]1CN(c2ccc(N3CCN(c4ccc(-c5ccsc5)cn4)CC3)c(F)c2)C(=O)O1. The summed E-state index contributed by atoms with van der Waals surface area (Å²) in [6, 6.07) is 11.0. The van der Waals surface area contributed by atoms with Crippen molar-refractivity contribution in [1.29, 1.82) is 0 Å². The third-order valence-corrected chi connectivity index (χ3v) is 6.93. The van der Waals surface area contributed by atoms with Crippen molar-refractivity contribution in [3.63, 3.8) is 0 Å². The first-order valence-electron chi connectivity index (χ1n) is 11.5. The van der Waals surface area contributed by atoms with E-state index in [1.807, 2.05) is 17.2 Å². The second-order valence-corrected chi connectivity index (χ2v) is 9.36. The quantitative estimate of drug-likeness (QED) is 0.562. The van der Waals surface area contributed by atoms with E-state index in [0.29, 0.717) is 24.5 Å². The van der Waals surface area contributed by atoms with Crippen LogP contribution >= 0.6 is 11.3 Å². The van der Waals surface area contributed by atoms with Gasteiger partial charge >= 0.3 is 6.09 Å². The van der Waals surface area contributed by atoms with Crippen LogP contribution in [0.25, 0.3) is 11.1 Å². The molecule has 1 atom stereocenters. The number of nitrogens with one attached hydrogen (secondary N) is 1. The Bertz CT molecular complexity index is 1200. The Morgan fingerprint density at radius 3 is 2.60 bits per heavy atom. The van der Waals surface area contributed by atoms with Crippen LogP contribution in [0.15, 0.2) is 53.4 Å². The molecule has 2 saturated heterocycles. The molecule has 0 bridgehead atoms. The molecule has 2 aromatic heterocycles. The maximum Gasteiger partial charge on any atom is 0.414 e. The van der Waals surface area contributed by atoms with Gasteiger partial charge in [-0.15, -0.1) is 0 Å². The minimum atomic E-state index is -0.543. The summed E-state index contributed by atoms with van der Waals surface area (Å²) in [6.07, 6.45) is 0.889. The molecule has 8 nitrogen and oxygen atoms in total. The van der Waals surface area contributed by atoms with Gasteiger partial charge in [0.25, 0.3) is 0 Å². The lowest BCUT2D eigenvalue weighted by Crippen LogP contribution is -2.47. The Morgan fingerprint density at radius 1 is 1.14 bits per heavy atom. The molecule has 2 amide bonds. The number of carbonyl (C=O) groups excluding carboxylic acids is 2. The molecule has 2 fully saturated rings. The predicted molar refractivity (Wildman–Crippen MR) is 135 cm³/mol. The monoisotopic (exact) mass is 495 g/mol. The third-order valence-electron chi connectivity index (χ3n) is 6.24. The number of thiophene rings is 1. The molecule has 2 aliphatic heterocycles. The minimum Gasteiger partial charge on any atom is -0.442 e. The van der Waals surface area contributed by atoms with Crippen molar-refractivity contribution in [2.45, 2.75) is 13.0 Å². The summed E-state index contributed by atoms with van der Waals surface area (Å²) in [5.74, 6) is 0.342. The molecule has 0 radical (unpaired) electrons. The van der Waals surface area contributed by atoms with E-state index in [9.17, 15) is 9.59 Å². The van der Waals surface area contributed by atoms with Gasteiger partial charge in [0.05, 0.1) is 24.5 Å². The lowest BCUT2D eigenvalue weighted by atomic mass is 10.1. The lowest BCUT2D eigenvalue weighted by molar-refractivity contribution is -0.119. The Balaban J connectivity index is 1.19. The molecule has 0 aliphatic carbocycles. The number of hydrogen-bond acceptors (Lipinski definition) is 7. The molecular formula is C25H26FN5O3S. The first-order chi connectivity index (χ1) is 17.0. The number of amides is 2. The van der Waals surface area contributed by atoms with E-state index in [0.717, 1.165) is 24.5 Å². The molecule has 5 rings (SSSR count). The van der Waals surface area contributed by atoms with Crippen LogP contribution in [0.3, 0.4) is 0 Å². The van der Waals surface area contributed by atoms with Crippen molar-refractivity contribution in [2.75, 3.05) is 54.0 Å². The molecule has 0 spiro atoms. The zero-order valence-corrected chi connectivity index (χ0v) is 20.1. The van der Waals surface area contributed by atoms with Crippen LogP contribution in [0.2, 0.25) is 0 Å². The number of cyclic esters (lactones) is 1. The van der Waals surface area contributed by atoms with Crippen LogP contribution in [0.1, 0.15) is 6.92 Å². The number of halogens is 1. The topological polar surface area (TPSA) is 78.0 Å². The average molecular weight is 496 g/mol. The number of ether oxygens (including phenoxy) is 1. The highest BCUT2D eigenvalue weighted by molar-refractivity contribution is 7.08. The zero-order valence-electron chi connectivity index (χ0n) is 19.3. The number of pyridine rings is 1. The average Bonchev–Trinajstić information content (AvgIpc) is 3.53. The number of piperazine rings is 1. The fourth-order valence-electron chi connectivity index (χ4n) is 4.37. The molecular weight excluding hydrogens is 469 g/mol. The highest BCUT2D eigenvalue weighted by Gasteiger charge is 2.33. The molecule has 1 N–H and O–H groups in total. The van der Waals surface area contributed by atoms with Crippen molar-refractivity contribution in [1.82, 2.24) is 10.3 Å². The summed E-state index contributed by atoms with van der Waals surface area (Å²) in [6.45, 7) is 4.68. The second kappa shape index (κ2) is 9.91. The van der Waals surface area contributed by atoms with Gasteiger partial charge in [-0.2, -0.15) is 11.3 Å². The van der Waals surface area contributed by atoms with Crippen molar-refractivity contribution in [3.8, 4) is 11.1 Å². The summed E-state index contributed by atoms with van der Waals surface area (Å²) in [5.41, 5.74) is 3.22. The highest BCUT2D eigenvalue weighted by Crippen LogP contribution is 2.29. The minimum absolute atomic E-state index is 0.193. The van der Waals surface area contributed by atoms with Gasteiger partial charge in [0.1, 0.15) is 17.7 Å². The third kappa shape index (κ3) is 5.07. The van der Waals surface area contributed by atoms with E-state index in [-0.39, 0.29) is 24.8 Å². The van der Waals surface area contributed by atoms with Crippen molar-refractivity contribution < 1.29 is 18.7 Å². The Hall–Kier alpha value is -3.66. The number of hydrogen-bond donors (Lipinski definition) is 1. The Kier molecular flexibility index (Phi) is 6.54. The van der Waals surface area contributed by atoms with Gasteiger partial charge in [0, 0.05) is 44.9 Å². The van der Waals surface area contributed by atoms with Gasteiger partial charge < -0.3 is 19.9 Å².